The maximum Gasteiger partial charge on any atom is 0.345 e. The number of carbonyl (C=O) groups is 2. The Hall–Kier alpha value is -2.04. The molecule has 16 heavy (non-hydrogen) atoms. The molecule has 1 rings (SSSR count). The summed E-state index contributed by atoms with van der Waals surface area (Å²) in [6.45, 7) is 2.82. The Balaban J connectivity index is 3.57. The Bertz CT molecular complexity index is 462. The highest BCUT2D eigenvalue weighted by molar-refractivity contribution is 6.04. The Morgan fingerprint density at radius 3 is 2.25 bits per heavy atom. The standard InChI is InChI=1S/C11H12O5/c1-5-4-7(13)9(11(15)16-3)10(14)8(5)6(2)12/h4,13-14H,1-3H3. The van der Waals surface area contributed by atoms with Gasteiger partial charge in [0.05, 0.1) is 12.7 Å². The number of ketones is 1. The van der Waals surface area contributed by atoms with Crippen molar-refractivity contribution in [2.75, 3.05) is 7.11 Å². The molecule has 0 saturated heterocycles. The Morgan fingerprint density at radius 1 is 1.25 bits per heavy atom. The number of esters is 1. The first-order valence-electron chi connectivity index (χ1n) is 4.55. The summed E-state index contributed by atoms with van der Waals surface area (Å²) in [4.78, 5) is 22.6. The summed E-state index contributed by atoms with van der Waals surface area (Å²) in [5.74, 6) is -2.23. The number of ether oxygens (including phenoxy) is 1. The predicted octanol–water partition coefficient (Wildman–Crippen LogP) is 1.40. The molecule has 86 valence electrons. The number of rotatable bonds is 2. The molecule has 0 unspecified atom stereocenters. The van der Waals surface area contributed by atoms with Crippen molar-refractivity contribution in [3.05, 3.63) is 22.8 Å². The zero-order chi connectivity index (χ0) is 12.5. The van der Waals surface area contributed by atoms with Gasteiger partial charge in [-0.1, -0.05) is 0 Å². The van der Waals surface area contributed by atoms with E-state index in [4.69, 9.17) is 0 Å². The highest BCUT2D eigenvalue weighted by atomic mass is 16.5. The van der Waals surface area contributed by atoms with E-state index in [2.05, 4.69) is 4.74 Å². The van der Waals surface area contributed by atoms with Crippen LogP contribution in [0.25, 0.3) is 0 Å². The van der Waals surface area contributed by atoms with Crippen LogP contribution in [0.3, 0.4) is 0 Å². The first kappa shape index (κ1) is 12.0. The minimum absolute atomic E-state index is 0.0122. The van der Waals surface area contributed by atoms with E-state index in [1.807, 2.05) is 0 Å². The number of phenols is 2. The summed E-state index contributed by atoms with van der Waals surface area (Å²) in [6, 6.07) is 1.24. The topological polar surface area (TPSA) is 83.8 Å². The molecule has 0 atom stereocenters. The van der Waals surface area contributed by atoms with E-state index in [1.165, 1.54) is 13.0 Å². The summed E-state index contributed by atoms with van der Waals surface area (Å²) in [7, 11) is 1.12. The lowest BCUT2D eigenvalue weighted by Crippen LogP contribution is -2.07. The molecule has 0 aliphatic rings. The lowest BCUT2D eigenvalue weighted by molar-refractivity contribution is 0.0594. The number of hydrogen-bond acceptors (Lipinski definition) is 5. The van der Waals surface area contributed by atoms with E-state index in [9.17, 15) is 19.8 Å². The summed E-state index contributed by atoms with van der Waals surface area (Å²) in [5, 5.41) is 19.2. The van der Waals surface area contributed by atoms with Gasteiger partial charge in [0.25, 0.3) is 0 Å². The van der Waals surface area contributed by atoms with Gasteiger partial charge in [-0.2, -0.15) is 0 Å². The largest absolute Gasteiger partial charge is 0.507 e. The second-order valence-corrected chi connectivity index (χ2v) is 3.36. The van der Waals surface area contributed by atoms with Crippen LogP contribution < -0.4 is 0 Å². The molecule has 0 heterocycles. The summed E-state index contributed by atoms with van der Waals surface area (Å²) >= 11 is 0. The second-order valence-electron chi connectivity index (χ2n) is 3.36. The quantitative estimate of drug-likeness (QED) is 0.586. The van der Waals surface area contributed by atoms with Gasteiger partial charge in [-0.25, -0.2) is 4.79 Å². The maximum atomic E-state index is 11.3. The average molecular weight is 224 g/mol. The number of benzene rings is 1. The number of aryl methyl sites for hydroxylation is 1. The van der Waals surface area contributed by atoms with Crippen molar-refractivity contribution in [1.29, 1.82) is 0 Å². The third kappa shape index (κ3) is 1.84. The van der Waals surface area contributed by atoms with Gasteiger partial charge in [0.2, 0.25) is 0 Å². The van der Waals surface area contributed by atoms with Crippen LogP contribution in [0.2, 0.25) is 0 Å². The number of methoxy groups -OCH3 is 1. The first-order chi connectivity index (χ1) is 7.40. The van der Waals surface area contributed by atoms with Gasteiger partial charge < -0.3 is 14.9 Å². The zero-order valence-corrected chi connectivity index (χ0v) is 9.20. The van der Waals surface area contributed by atoms with E-state index < -0.39 is 23.0 Å². The number of phenolic OH excluding ortho intramolecular Hbond substituents is 2. The normalized spacial score (nSPS) is 9.94. The summed E-state index contributed by atoms with van der Waals surface area (Å²) in [5.41, 5.74) is 0.0200. The molecule has 0 fully saturated rings. The van der Waals surface area contributed by atoms with Crippen LogP contribution in [0, 0.1) is 6.92 Å². The van der Waals surface area contributed by atoms with Gasteiger partial charge in [-0.15, -0.1) is 0 Å². The third-order valence-corrected chi connectivity index (χ3v) is 2.22. The Morgan fingerprint density at radius 2 is 1.81 bits per heavy atom. The van der Waals surface area contributed by atoms with E-state index in [1.54, 1.807) is 6.92 Å². The van der Waals surface area contributed by atoms with Crippen LogP contribution in [0.1, 0.15) is 33.2 Å². The second kappa shape index (κ2) is 4.22. The van der Waals surface area contributed by atoms with E-state index in [0.29, 0.717) is 5.56 Å². The molecule has 0 saturated carbocycles. The van der Waals surface area contributed by atoms with Crippen molar-refractivity contribution in [2.45, 2.75) is 13.8 Å². The summed E-state index contributed by atoms with van der Waals surface area (Å²) in [6.07, 6.45) is 0. The molecule has 0 radical (unpaired) electrons. The van der Waals surface area contributed by atoms with Gasteiger partial charge in [-0.3, -0.25) is 4.79 Å². The highest BCUT2D eigenvalue weighted by Gasteiger charge is 2.23. The first-order valence-corrected chi connectivity index (χ1v) is 4.55. The molecule has 5 heteroatoms. The van der Waals surface area contributed by atoms with Crippen molar-refractivity contribution in [3.63, 3.8) is 0 Å². The Labute approximate surface area is 92.3 Å². The third-order valence-electron chi connectivity index (χ3n) is 2.22. The van der Waals surface area contributed by atoms with Gasteiger partial charge >= 0.3 is 5.97 Å². The van der Waals surface area contributed by atoms with Crippen LogP contribution in [-0.4, -0.2) is 29.1 Å². The van der Waals surface area contributed by atoms with Gasteiger partial charge in [0, 0.05) is 0 Å². The van der Waals surface area contributed by atoms with Crippen LogP contribution in [0.5, 0.6) is 11.5 Å². The molecular formula is C11H12O5. The molecule has 0 aliphatic carbocycles. The molecule has 1 aromatic carbocycles. The van der Waals surface area contributed by atoms with Gasteiger partial charge in [0.1, 0.15) is 17.1 Å². The fourth-order valence-electron chi connectivity index (χ4n) is 1.53. The minimum atomic E-state index is -0.891. The Kier molecular flexibility index (Phi) is 3.17. The maximum absolute atomic E-state index is 11.3. The van der Waals surface area contributed by atoms with Crippen molar-refractivity contribution in [1.82, 2.24) is 0 Å². The number of Topliss-reactive ketones (excluding diaryl/α,β-unsaturated/α-hetero) is 1. The number of aromatic hydroxyl groups is 2. The predicted molar refractivity (Wildman–Crippen MR) is 55.9 cm³/mol. The minimum Gasteiger partial charge on any atom is -0.507 e. The zero-order valence-electron chi connectivity index (χ0n) is 9.20. The van der Waals surface area contributed by atoms with E-state index in [-0.39, 0.29) is 11.3 Å². The lowest BCUT2D eigenvalue weighted by atomic mass is 9.99. The molecule has 0 bridgehead atoms. The summed E-state index contributed by atoms with van der Waals surface area (Å²) < 4.78 is 4.40. The molecule has 0 spiro atoms. The van der Waals surface area contributed by atoms with Crippen LogP contribution in [-0.2, 0) is 4.74 Å². The molecular weight excluding hydrogens is 212 g/mol. The van der Waals surface area contributed by atoms with Crippen molar-refractivity contribution in [2.24, 2.45) is 0 Å². The molecule has 0 aromatic heterocycles. The molecule has 0 amide bonds. The number of hydrogen-bond donors (Lipinski definition) is 2. The van der Waals surface area contributed by atoms with E-state index >= 15 is 0 Å². The van der Waals surface area contributed by atoms with Crippen molar-refractivity contribution >= 4 is 11.8 Å². The van der Waals surface area contributed by atoms with Crippen molar-refractivity contribution < 1.29 is 24.5 Å². The van der Waals surface area contributed by atoms with Crippen LogP contribution in [0.4, 0.5) is 0 Å². The SMILES string of the molecule is COC(=O)c1c(O)cc(C)c(C(C)=O)c1O. The van der Waals surface area contributed by atoms with Crippen LogP contribution >= 0.6 is 0 Å². The lowest BCUT2D eigenvalue weighted by Gasteiger charge is -2.11. The smallest absolute Gasteiger partial charge is 0.345 e. The average Bonchev–Trinajstić information content (AvgIpc) is 2.15. The monoisotopic (exact) mass is 224 g/mol. The van der Waals surface area contributed by atoms with Gasteiger partial charge in [-0.05, 0) is 25.5 Å². The molecule has 1 aromatic rings. The van der Waals surface area contributed by atoms with E-state index in [0.717, 1.165) is 7.11 Å². The molecule has 2 N–H and O–H groups in total. The van der Waals surface area contributed by atoms with Gasteiger partial charge in [0.15, 0.2) is 5.78 Å². The number of carbonyl (C=O) groups excluding carboxylic acids is 2. The fourth-order valence-corrected chi connectivity index (χ4v) is 1.53. The molecule has 0 aliphatic heterocycles. The fraction of sp³-hybridized carbons (Fsp3) is 0.273. The molecule has 5 nitrogen and oxygen atoms in total. The highest BCUT2D eigenvalue weighted by Crippen LogP contribution is 2.34. The van der Waals surface area contributed by atoms with Crippen molar-refractivity contribution in [3.8, 4) is 11.5 Å². The van der Waals surface area contributed by atoms with Crippen LogP contribution in [0.15, 0.2) is 6.07 Å².